The molecule has 1 heterocycles. The number of ether oxygens (including phenoxy) is 1. The molecular weight excluding hydrogens is 363 g/mol. The number of carboxylic acids is 1. The number of halogens is 4. The summed E-state index contributed by atoms with van der Waals surface area (Å²) in [4.78, 5) is 23.8. The molecule has 134 valence electrons. The number of carbonyl (C=O) groups excluding carboxylic acids is 1. The lowest BCUT2D eigenvalue weighted by Gasteiger charge is -2.31. The Morgan fingerprint density at radius 3 is 2.32 bits per heavy atom. The van der Waals surface area contributed by atoms with E-state index in [4.69, 9.17) is 11.6 Å². The number of benzene rings is 1. The highest BCUT2D eigenvalue weighted by molar-refractivity contribution is 6.31. The molecule has 0 saturated carbocycles. The van der Waals surface area contributed by atoms with Gasteiger partial charge in [0.25, 0.3) is 0 Å². The second-order valence-electron chi connectivity index (χ2n) is 5.20. The molecule has 0 amide bonds. The van der Waals surface area contributed by atoms with E-state index < -0.39 is 40.9 Å². The standard InChI is InChI=1S/C16H13ClF3NO4/c1-7-10(14(22)23)11(8-5-3-4-6-9(8)17)12(15(24)25-2)13(21-7)16(18,19)20/h3-6,11,21H,1-2H3,(H,22,23). The van der Waals surface area contributed by atoms with E-state index in [1.807, 2.05) is 5.32 Å². The summed E-state index contributed by atoms with van der Waals surface area (Å²) in [6.07, 6.45) is -4.92. The lowest BCUT2D eigenvalue weighted by atomic mass is 9.80. The molecule has 0 fully saturated rings. The topological polar surface area (TPSA) is 75.6 Å². The van der Waals surface area contributed by atoms with Crippen LogP contribution in [0.1, 0.15) is 18.4 Å². The van der Waals surface area contributed by atoms with Crippen molar-refractivity contribution in [3.05, 3.63) is 57.4 Å². The number of alkyl halides is 3. The minimum atomic E-state index is -4.92. The Kier molecular flexibility index (Phi) is 5.12. The fourth-order valence-corrected chi connectivity index (χ4v) is 2.93. The summed E-state index contributed by atoms with van der Waals surface area (Å²) in [5.41, 5.74) is -2.82. The van der Waals surface area contributed by atoms with Gasteiger partial charge in [0.2, 0.25) is 0 Å². The largest absolute Gasteiger partial charge is 0.478 e. The van der Waals surface area contributed by atoms with Crippen LogP contribution in [0.15, 0.2) is 46.8 Å². The maximum atomic E-state index is 13.4. The third-order valence-corrected chi connectivity index (χ3v) is 4.04. The number of rotatable bonds is 3. The van der Waals surface area contributed by atoms with Crippen molar-refractivity contribution in [2.75, 3.05) is 7.11 Å². The molecule has 0 aliphatic carbocycles. The molecule has 1 aromatic rings. The quantitative estimate of drug-likeness (QED) is 0.792. The number of allylic oxidation sites excluding steroid dienone is 2. The van der Waals surface area contributed by atoms with Crippen LogP contribution in [0.3, 0.4) is 0 Å². The lowest BCUT2D eigenvalue weighted by Crippen LogP contribution is -2.38. The van der Waals surface area contributed by atoms with Crippen molar-refractivity contribution in [1.82, 2.24) is 5.32 Å². The molecule has 1 aliphatic rings. The molecule has 0 radical (unpaired) electrons. The first-order valence-corrected chi connectivity index (χ1v) is 7.32. The van der Waals surface area contributed by atoms with Crippen LogP contribution in [0.5, 0.6) is 0 Å². The summed E-state index contributed by atoms with van der Waals surface area (Å²) in [7, 11) is 0.915. The predicted molar refractivity (Wildman–Crippen MR) is 82.8 cm³/mol. The first-order valence-electron chi connectivity index (χ1n) is 6.94. The number of methoxy groups -OCH3 is 1. The van der Waals surface area contributed by atoms with Crippen molar-refractivity contribution in [2.45, 2.75) is 19.0 Å². The van der Waals surface area contributed by atoms with Crippen molar-refractivity contribution in [2.24, 2.45) is 0 Å². The van der Waals surface area contributed by atoms with Gasteiger partial charge in [0, 0.05) is 10.7 Å². The van der Waals surface area contributed by atoms with Crippen LogP contribution in [0.2, 0.25) is 5.02 Å². The van der Waals surface area contributed by atoms with Gasteiger partial charge in [-0.3, -0.25) is 0 Å². The summed E-state index contributed by atoms with van der Waals surface area (Å²) in [5.74, 6) is -4.30. The van der Waals surface area contributed by atoms with Crippen LogP contribution in [0.25, 0.3) is 0 Å². The molecule has 5 nitrogen and oxygen atoms in total. The molecule has 1 aliphatic heterocycles. The summed E-state index contributed by atoms with van der Waals surface area (Å²) >= 11 is 6.06. The number of nitrogens with one attached hydrogen (secondary N) is 1. The van der Waals surface area contributed by atoms with Crippen molar-refractivity contribution in [3.8, 4) is 0 Å². The van der Waals surface area contributed by atoms with Crippen molar-refractivity contribution in [1.29, 1.82) is 0 Å². The Hall–Kier alpha value is -2.48. The zero-order chi connectivity index (χ0) is 18.9. The average molecular weight is 376 g/mol. The van der Waals surface area contributed by atoms with E-state index in [1.54, 1.807) is 0 Å². The van der Waals surface area contributed by atoms with Gasteiger partial charge in [-0.1, -0.05) is 29.8 Å². The van der Waals surface area contributed by atoms with Gasteiger partial charge in [0.05, 0.1) is 24.2 Å². The average Bonchev–Trinajstić information content (AvgIpc) is 2.52. The predicted octanol–water partition coefficient (Wildman–Crippen LogP) is 3.37. The Labute approximate surface area is 145 Å². The zero-order valence-electron chi connectivity index (χ0n) is 13.1. The maximum absolute atomic E-state index is 13.4. The van der Waals surface area contributed by atoms with Gasteiger partial charge in [-0.2, -0.15) is 13.2 Å². The molecule has 2 N–H and O–H groups in total. The number of hydrogen-bond donors (Lipinski definition) is 2. The molecule has 0 saturated heterocycles. The van der Waals surface area contributed by atoms with E-state index in [-0.39, 0.29) is 16.3 Å². The number of hydrogen-bond acceptors (Lipinski definition) is 4. The fourth-order valence-electron chi connectivity index (χ4n) is 2.68. The Balaban J connectivity index is 2.86. The molecule has 9 heteroatoms. The monoisotopic (exact) mass is 375 g/mol. The molecule has 0 aromatic heterocycles. The smallest absolute Gasteiger partial charge is 0.431 e. The molecule has 0 bridgehead atoms. The molecule has 1 atom stereocenters. The SMILES string of the molecule is COC(=O)C1=C(C(F)(F)F)NC(C)=C(C(=O)O)C1c1ccccc1Cl. The third kappa shape index (κ3) is 3.48. The summed E-state index contributed by atoms with van der Waals surface area (Å²) in [6, 6.07) is 5.79. The van der Waals surface area contributed by atoms with Gasteiger partial charge in [0.1, 0.15) is 5.70 Å². The van der Waals surface area contributed by atoms with E-state index in [0.29, 0.717) is 0 Å². The molecule has 0 spiro atoms. The second-order valence-corrected chi connectivity index (χ2v) is 5.61. The molecule has 1 unspecified atom stereocenters. The van der Waals surface area contributed by atoms with E-state index in [9.17, 15) is 27.9 Å². The van der Waals surface area contributed by atoms with Crippen LogP contribution in [0, 0.1) is 0 Å². The van der Waals surface area contributed by atoms with Crippen LogP contribution in [0.4, 0.5) is 13.2 Å². The first kappa shape index (κ1) is 18.9. The zero-order valence-corrected chi connectivity index (χ0v) is 13.8. The molecule has 25 heavy (non-hydrogen) atoms. The highest BCUT2D eigenvalue weighted by Gasteiger charge is 2.47. The van der Waals surface area contributed by atoms with Crippen LogP contribution >= 0.6 is 11.6 Å². The van der Waals surface area contributed by atoms with Crippen LogP contribution < -0.4 is 5.32 Å². The van der Waals surface area contributed by atoms with Gasteiger partial charge >= 0.3 is 18.1 Å². The lowest BCUT2D eigenvalue weighted by molar-refractivity contribution is -0.138. The van der Waals surface area contributed by atoms with Crippen molar-refractivity contribution >= 4 is 23.5 Å². The number of esters is 1. The van der Waals surface area contributed by atoms with Gasteiger partial charge in [0.15, 0.2) is 0 Å². The van der Waals surface area contributed by atoms with E-state index in [1.165, 1.54) is 31.2 Å². The summed E-state index contributed by atoms with van der Waals surface area (Å²) in [6.45, 7) is 1.19. The Morgan fingerprint density at radius 1 is 1.24 bits per heavy atom. The van der Waals surface area contributed by atoms with Gasteiger partial charge in [-0.15, -0.1) is 0 Å². The van der Waals surface area contributed by atoms with E-state index in [2.05, 4.69) is 4.74 Å². The van der Waals surface area contributed by atoms with Gasteiger partial charge < -0.3 is 15.2 Å². The highest BCUT2D eigenvalue weighted by atomic mass is 35.5. The normalized spacial score (nSPS) is 18.1. The van der Waals surface area contributed by atoms with Gasteiger partial charge in [-0.05, 0) is 18.6 Å². The van der Waals surface area contributed by atoms with Gasteiger partial charge in [-0.25, -0.2) is 9.59 Å². The third-order valence-electron chi connectivity index (χ3n) is 3.70. The van der Waals surface area contributed by atoms with Crippen molar-refractivity contribution < 1.29 is 32.6 Å². The molecule has 1 aromatic carbocycles. The van der Waals surface area contributed by atoms with E-state index >= 15 is 0 Å². The number of carbonyl (C=O) groups is 2. The number of dihydropyridines is 1. The fraction of sp³-hybridized carbons (Fsp3) is 0.250. The number of carboxylic acid groups (broad SMARTS) is 1. The first-order chi connectivity index (χ1) is 11.6. The molecular formula is C16H13ClF3NO4. The Morgan fingerprint density at radius 2 is 1.84 bits per heavy atom. The second kappa shape index (κ2) is 6.79. The number of aliphatic carboxylic acids is 1. The van der Waals surface area contributed by atoms with E-state index in [0.717, 1.165) is 7.11 Å². The Bertz CT molecular complexity index is 799. The highest BCUT2D eigenvalue weighted by Crippen LogP contribution is 2.44. The summed E-state index contributed by atoms with van der Waals surface area (Å²) < 4.78 is 44.8. The van der Waals surface area contributed by atoms with Crippen LogP contribution in [-0.4, -0.2) is 30.3 Å². The maximum Gasteiger partial charge on any atom is 0.431 e. The molecule has 2 rings (SSSR count). The minimum Gasteiger partial charge on any atom is -0.478 e. The summed E-state index contributed by atoms with van der Waals surface area (Å²) in [5, 5.41) is 11.5. The van der Waals surface area contributed by atoms with Crippen LogP contribution in [-0.2, 0) is 14.3 Å². The minimum absolute atomic E-state index is 0.0314. The van der Waals surface area contributed by atoms with Crippen molar-refractivity contribution in [3.63, 3.8) is 0 Å².